The van der Waals surface area contributed by atoms with E-state index in [2.05, 4.69) is 36.7 Å². The molecule has 0 bridgehead atoms. The van der Waals surface area contributed by atoms with Gasteiger partial charge in [0.25, 0.3) is 0 Å². The van der Waals surface area contributed by atoms with Gasteiger partial charge >= 0.3 is 6.01 Å². The molecule has 0 spiro atoms. The molecule has 100 valence electrons. The van der Waals surface area contributed by atoms with E-state index in [9.17, 15) is 0 Å². The SMILES string of the molecule is CNNc1nc(NNC)nc(Oc2ccccc2)n1. The Kier molecular flexibility index (Phi) is 4.43. The summed E-state index contributed by atoms with van der Waals surface area (Å²) in [5.41, 5.74) is 11.0. The second-order valence-corrected chi connectivity index (χ2v) is 3.43. The van der Waals surface area contributed by atoms with Crippen molar-refractivity contribution in [2.75, 3.05) is 24.9 Å². The van der Waals surface area contributed by atoms with Crippen LogP contribution in [0, 0.1) is 0 Å². The first kappa shape index (κ1) is 13.0. The minimum atomic E-state index is 0.191. The minimum absolute atomic E-state index is 0.191. The smallest absolute Gasteiger partial charge is 0.328 e. The van der Waals surface area contributed by atoms with Gasteiger partial charge in [0.15, 0.2) is 0 Å². The van der Waals surface area contributed by atoms with Gasteiger partial charge in [-0.1, -0.05) is 18.2 Å². The van der Waals surface area contributed by atoms with Crippen LogP contribution < -0.4 is 26.4 Å². The van der Waals surface area contributed by atoms with Crippen LogP contribution in [0.3, 0.4) is 0 Å². The minimum Gasteiger partial charge on any atom is -0.424 e. The second kappa shape index (κ2) is 6.47. The molecule has 0 saturated heterocycles. The van der Waals surface area contributed by atoms with Crippen molar-refractivity contribution in [3.63, 3.8) is 0 Å². The van der Waals surface area contributed by atoms with Crippen molar-refractivity contribution in [1.29, 1.82) is 0 Å². The average Bonchev–Trinajstić information content (AvgIpc) is 2.40. The van der Waals surface area contributed by atoms with E-state index in [0.29, 0.717) is 17.6 Å². The Balaban J connectivity index is 2.23. The van der Waals surface area contributed by atoms with E-state index in [1.54, 1.807) is 14.1 Å². The molecule has 2 rings (SSSR count). The Bertz CT molecular complexity index is 495. The summed E-state index contributed by atoms with van der Waals surface area (Å²) in [6.07, 6.45) is 0. The fourth-order valence-corrected chi connectivity index (χ4v) is 1.33. The van der Waals surface area contributed by atoms with E-state index in [4.69, 9.17) is 4.74 Å². The maximum atomic E-state index is 5.55. The van der Waals surface area contributed by atoms with Crippen LogP contribution in [0.25, 0.3) is 0 Å². The molecule has 0 aliphatic heterocycles. The average molecular weight is 261 g/mol. The Morgan fingerprint density at radius 1 is 0.842 bits per heavy atom. The zero-order valence-corrected chi connectivity index (χ0v) is 10.6. The van der Waals surface area contributed by atoms with Crippen molar-refractivity contribution in [3.8, 4) is 11.8 Å². The fraction of sp³-hybridized carbons (Fsp3) is 0.182. The van der Waals surface area contributed by atoms with E-state index >= 15 is 0 Å². The van der Waals surface area contributed by atoms with Gasteiger partial charge in [-0.25, -0.2) is 10.9 Å². The van der Waals surface area contributed by atoms with Crippen molar-refractivity contribution < 1.29 is 4.74 Å². The van der Waals surface area contributed by atoms with E-state index in [0.717, 1.165) is 0 Å². The number of anilines is 2. The molecule has 0 radical (unpaired) electrons. The zero-order chi connectivity index (χ0) is 13.5. The van der Waals surface area contributed by atoms with Crippen LogP contribution in [-0.4, -0.2) is 29.0 Å². The van der Waals surface area contributed by atoms with Gasteiger partial charge in [-0.15, -0.1) is 0 Å². The van der Waals surface area contributed by atoms with Crippen molar-refractivity contribution in [1.82, 2.24) is 25.8 Å². The van der Waals surface area contributed by atoms with Crippen LogP contribution in [0.2, 0.25) is 0 Å². The van der Waals surface area contributed by atoms with E-state index in [1.165, 1.54) is 0 Å². The van der Waals surface area contributed by atoms with Crippen LogP contribution in [0.1, 0.15) is 0 Å². The van der Waals surface area contributed by atoms with E-state index in [1.807, 2.05) is 30.3 Å². The molecule has 1 aromatic carbocycles. The van der Waals surface area contributed by atoms with Crippen molar-refractivity contribution in [2.24, 2.45) is 0 Å². The lowest BCUT2D eigenvalue weighted by molar-refractivity contribution is 0.441. The molecule has 8 nitrogen and oxygen atoms in total. The van der Waals surface area contributed by atoms with Gasteiger partial charge < -0.3 is 4.74 Å². The number of nitrogens with one attached hydrogen (secondary N) is 4. The van der Waals surface area contributed by atoms with Gasteiger partial charge in [0, 0.05) is 14.1 Å². The van der Waals surface area contributed by atoms with Gasteiger partial charge in [0.1, 0.15) is 5.75 Å². The van der Waals surface area contributed by atoms with Crippen LogP contribution in [0.4, 0.5) is 11.9 Å². The van der Waals surface area contributed by atoms with Crippen LogP contribution >= 0.6 is 0 Å². The van der Waals surface area contributed by atoms with E-state index < -0.39 is 0 Å². The van der Waals surface area contributed by atoms with Crippen LogP contribution in [0.5, 0.6) is 11.8 Å². The van der Waals surface area contributed by atoms with Crippen LogP contribution in [-0.2, 0) is 0 Å². The predicted octanol–water partition coefficient (Wildman–Crippen LogP) is 0.756. The van der Waals surface area contributed by atoms with Gasteiger partial charge in [-0.05, 0) is 12.1 Å². The highest BCUT2D eigenvalue weighted by Crippen LogP contribution is 2.18. The molecule has 0 aliphatic carbocycles. The molecular weight excluding hydrogens is 246 g/mol. The second-order valence-electron chi connectivity index (χ2n) is 3.43. The van der Waals surface area contributed by atoms with E-state index in [-0.39, 0.29) is 6.01 Å². The molecule has 4 N–H and O–H groups in total. The highest BCUT2D eigenvalue weighted by Gasteiger charge is 2.07. The normalized spacial score (nSPS) is 10.0. The molecule has 2 aromatic rings. The Hall–Kier alpha value is -2.45. The first-order valence-electron chi connectivity index (χ1n) is 5.66. The number of nitrogens with zero attached hydrogens (tertiary/aromatic N) is 3. The third-order valence-corrected chi connectivity index (χ3v) is 2.04. The topological polar surface area (TPSA) is 96.0 Å². The highest BCUT2D eigenvalue weighted by atomic mass is 16.5. The van der Waals surface area contributed by atoms with Crippen LogP contribution in [0.15, 0.2) is 30.3 Å². The molecule has 1 aromatic heterocycles. The van der Waals surface area contributed by atoms with Gasteiger partial charge in [-0.2, -0.15) is 15.0 Å². The molecule has 0 unspecified atom stereocenters. The number of rotatable bonds is 6. The monoisotopic (exact) mass is 261 g/mol. The zero-order valence-electron chi connectivity index (χ0n) is 10.6. The highest BCUT2D eigenvalue weighted by molar-refractivity contribution is 5.35. The first-order chi connectivity index (χ1) is 9.31. The summed E-state index contributed by atoms with van der Waals surface area (Å²) in [4.78, 5) is 12.3. The Labute approximate surface area is 110 Å². The summed E-state index contributed by atoms with van der Waals surface area (Å²) < 4.78 is 5.55. The molecular formula is C11H15N7O. The lowest BCUT2D eigenvalue weighted by Crippen LogP contribution is -2.21. The van der Waals surface area contributed by atoms with Crippen molar-refractivity contribution in [2.45, 2.75) is 0 Å². The number of benzene rings is 1. The summed E-state index contributed by atoms with van der Waals surface area (Å²) in [6, 6.07) is 9.48. The third kappa shape index (κ3) is 3.76. The number of aromatic nitrogens is 3. The number of ether oxygens (including phenoxy) is 1. The van der Waals surface area contributed by atoms with Gasteiger partial charge in [0.2, 0.25) is 11.9 Å². The number of para-hydroxylation sites is 1. The molecule has 0 aliphatic rings. The molecule has 0 saturated carbocycles. The molecule has 0 atom stereocenters. The van der Waals surface area contributed by atoms with Gasteiger partial charge in [-0.3, -0.25) is 10.9 Å². The largest absolute Gasteiger partial charge is 0.424 e. The lowest BCUT2D eigenvalue weighted by atomic mass is 10.3. The molecule has 8 heteroatoms. The quantitative estimate of drug-likeness (QED) is 0.566. The summed E-state index contributed by atoms with van der Waals surface area (Å²) in [5, 5.41) is 0. The lowest BCUT2D eigenvalue weighted by Gasteiger charge is -2.09. The van der Waals surface area contributed by atoms with Crippen molar-refractivity contribution >= 4 is 11.9 Å². The number of hydrogen-bond donors (Lipinski definition) is 4. The standard InChI is InChI=1S/C11H15N7O/c1-12-17-9-14-10(18-13-2)16-11(15-9)19-8-6-4-3-5-7-8/h3-7,12-13H,1-2H3,(H2,14,15,16,17,18). The third-order valence-electron chi connectivity index (χ3n) is 2.04. The fourth-order valence-electron chi connectivity index (χ4n) is 1.33. The number of hydrazine groups is 2. The predicted molar refractivity (Wildman–Crippen MR) is 71.7 cm³/mol. The summed E-state index contributed by atoms with van der Waals surface area (Å²) in [6.45, 7) is 0. The Morgan fingerprint density at radius 3 is 1.95 bits per heavy atom. The number of hydrogen-bond acceptors (Lipinski definition) is 8. The molecule has 0 fully saturated rings. The van der Waals surface area contributed by atoms with Gasteiger partial charge in [0.05, 0.1) is 0 Å². The molecule has 1 heterocycles. The van der Waals surface area contributed by atoms with Crippen molar-refractivity contribution in [3.05, 3.63) is 30.3 Å². The summed E-state index contributed by atoms with van der Waals surface area (Å²) in [5.74, 6) is 1.35. The summed E-state index contributed by atoms with van der Waals surface area (Å²) in [7, 11) is 3.43. The maximum Gasteiger partial charge on any atom is 0.328 e. The first-order valence-corrected chi connectivity index (χ1v) is 5.66. The molecule has 0 amide bonds. The Morgan fingerprint density at radius 2 is 1.42 bits per heavy atom. The summed E-state index contributed by atoms with van der Waals surface area (Å²) >= 11 is 0. The maximum absolute atomic E-state index is 5.55. The molecule has 19 heavy (non-hydrogen) atoms.